The number of rotatable bonds is 12. The second-order valence-corrected chi connectivity index (χ2v) is 34.8. The Labute approximate surface area is 741 Å². The van der Waals surface area contributed by atoms with Gasteiger partial charge in [-0.1, -0.05) is 334 Å². The fourth-order valence-electron chi connectivity index (χ4n) is 23.0. The topological polar surface area (TPSA) is 16.3 Å². The van der Waals surface area contributed by atoms with Gasteiger partial charge in [-0.25, -0.2) is 0 Å². The van der Waals surface area contributed by atoms with E-state index in [-0.39, 0.29) is 0 Å². The first-order valence-corrected chi connectivity index (χ1v) is 44.5. The lowest BCUT2D eigenvalue weighted by molar-refractivity contribution is 0.794. The minimum absolute atomic E-state index is 0.516. The fraction of sp³-hybridized carbons (Fsp3) is 0.0161. The number of aromatic nitrogens is 2. The molecule has 23 aromatic rings. The Morgan fingerprint density at radius 1 is 0.164 bits per heavy atom. The quantitative estimate of drug-likeness (QED) is 0.121. The highest BCUT2D eigenvalue weighted by Crippen LogP contribution is 2.67. The van der Waals surface area contributed by atoms with Crippen molar-refractivity contribution >= 4 is 99.3 Å². The molecule has 594 valence electrons. The maximum atomic E-state index is 2.54. The number of hydrogen-bond donors (Lipinski definition) is 0. The monoisotopic (exact) mass is 1620 g/mol. The van der Waals surface area contributed by atoms with Crippen LogP contribution in [0.25, 0.3) is 166 Å². The molecule has 2 heterocycles. The number of fused-ring (bicyclic) bond motifs is 30. The molecule has 0 N–H and O–H groups in total. The first-order valence-electron chi connectivity index (χ1n) is 44.5. The van der Waals surface area contributed by atoms with Gasteiger partial charge in [-0.15, -0.1) is 0 Å². The Balaban J connectivity index is 0.598. The number of benzene rings is 21. The van der Waals surface area contributed by atoms with E-state index in [0.29, 0.717) is 0 Å². The molecule has 21 aromatic carbocycles. The van der Waals surface area contributed by atoms with E-state index in [1.807, 2.05) is 0 Å². The van der Waals surface area contributed by atoms with Gasteiger partial charge in [-0.05, 0) is 295 Å². The third-order valence-corrected chi connectivity index (χ3v) is 28.5. The van der Waals surface area contributed by atoms with Gasteiger partial charge in [-0.2, -0.15) is 0 Å². The first-order chi connectivity index (χ1) is 63.5. The Hall–Kier alpha value is -16.7. The molecule has 1 atom stereocenters. The summed E-state index contributed by atoms with van der Waals surface area (Å²) in [5.74, 6) is 0. The molecule has 128 heavy (non-hydrogen) atoms. The molecule has 4 aliphatic rings. The molecule has 2 aromatic heterocycles. The van der Waals surface area contributed by atoms with Crippen molar-refractivity contribution in [1.82, 2.24) is 9.13 Å². The van der Waals surface area contributed by atoms with E-state index in [9.17, 15) is 0 Å². The van der Waals surface area contributed by atoms with Crippen LogP contribution in [0, 0.1) is 0 Å². The minimum Gasteiger partial charge on any atom is -0.311 e. The van der Waals surface area contributed by atoms with Crippen LogP contribution in [0.2, 0.25) is 0 Å². The zero-order chi connectivity index (χ0) is 83.9. The van der Waals surface area contributed by atoms with Crippen molar-refractivity contribution < 1.29 is 0 Å². The molecular formula is C124H78N4. The molecule has 0 saturated carbocycles. The van der Waals surface area contributed by atoms with Crippen LogP contribution in [0.15, 0.2) is 473 Å². The van der Waals surface area contributed by atoms with E-state index in [0.717, 1.165) is 78.8 Å². The summed E-state index contributed by atoms with van der Waals surface area (Å²) in [6.07, 6.45) is 0. The Morgan fingerprint density at radius 3 is 0.922 bits per heavy atom. The number of para-hydroxylation sites is 2. The van der Waals surface area contributed by atoms with Crippen molar-refractivity contribution in [2.75, 3.05) is 9.80 Å². The molecule has 2 spiro atoms. The molecule has 4 aliphatic carbocycles. The summed E-state index contributed by atoms with van der Waals surface area (Å²) in [5.41, 5.74) is 42.5. The lowest BCUT2D eigenvalue weighted by Gasteiger charge is -2.30. The highest BCUT2D eigenvalue weighted by molar-refractivity contribution is 6.22. The first kappa shape index (κ1) is 71.9. The van der Waals surface area contributed by atoms with Gasteiger partial charge in [0, 0.05) is 67.0 Å². The normalized spacial score (nSPS) is 13.9. The van der Waals surface area contributed by atoms with Crippen LogP contribution in [-0.4, -0.2) is 9.13 Å². The third kappa shape index (κ3) is 10.4. The molecule has 0 bridgehead atoms. The summed E-state index contributed by atoms with van der Waals surface area (Å²) in [6, 6.07) is 178. The highest BCUT2D eigenvalue weighted by atomic mass is 15.1. The van der Waals surface area contributed by atoms with Gasteiger partial charge in [-0.3, -0.25) is 0 Å². The van der Waals surface area contributed by atoms with Gasteiger partial charge >= 0.3 is 0 Å². The average molecular weight is 1620 g/mol. The van der Waals surface area contributed by atoms with Crippen LogP contribution in [-0.2, 0) is 10.8 Å². The molecule has 0 radical (unpaired) electrons. The van der Waals surface area contributed by atoms with Gasteiger partial charge < -0.3 is 18.9 Å². The van der Waals surface area contributed by atoms with Crippen molar-refractivity contribution in [3.05, 3.63) is 518 Å². The van der Waals surface area contributed by atoms with Gasteiger partial charge in [0.15, 0.2) is 0 Å². The van der Waals surface area contributed by atoms with Crippen LogP contribution in [0.4, 0.5) is 34.1 Å². The molecule has 1 unspecified atom stereocenters. The predicted molar refractivity (Wildman–Crippen MR) is 534 cm³/mol. The van der Waals surface area contributed by atoms with E-state index in [2.05, 4.69) is 492 Å². The predicted octanol–water partition coefficient (Wildman–Crippen LogP) is 32.5. The van der Waals surface area contributed by atoms with E-state index < -0.39 is 10.8 Å². The van der Waals surface area contributed by atoms with Crippen molar-refractivity contribution in [3.63, 3.8) is 0 Å². The van der Waals surface area contributed by atoms with E-state index in [1.165, 1.54) is 165 Å². The Bertz CT molecular complexity index is 8410. The molecule has 0 saturated heterocycles. The summed E-state index contributed by atoms with van der Waals surface area (Å²) >= 11 is 0. The Morgan fingerprint density at radius 2 is 0.461 bits per heavy atom. The maximum Gasteiger partial charge on any atom is 0.0726 e. The van der Waals surface area contributed by atoms with Gasteiger partial charge in [0.25, 0.3) is 0 Å². The summed E-state index contributed by atoms with van der Waals surface area (Å²) < 4.78 is 5.03. The highest BCUT2D eigenvalue weighted by Gasteiger charge is 2.54. The average Bonchev–Trinajstić information content (AvgIpc) is 1.50. The van der Waals surface area contributed by atoms with Crippen LogP contribution >= 0.6 is 0 Å². The van der Waals surface area contributed by atoms with Crippen LogP contribution in [0.1, 0.15) is 44.5 Å². The standard InChI is InChI=1S/C124H78N4/c1-4-24-79(25-5-1)82-44-57-93(58-45-82)125(91-30-6-2-7-31-91)94-59-46-83(47-60-94)88-55-70-115-105(76-88)121-117(127(115)92-32-8-3-9-33-92)73-69-113-120(121)104-38-18-23-43-111(104)124(113)109-41-21-16-36-101(109)102-67-54-90(78-114(102)124)85-50-63-96(64-51-85)128-116-71-56-89(84-48-61-95(62-49-84)126(97-65-52-80-26-10-12-28-86(80)74-97)98-66-53-81-27-11-13-29-87(81)75-98)77-106(116)122-118(128)72-68-112-119(122)103-37-17-22-42-110(103)123(112)107-39-19-14-34-99(107)100-35-15-20-40-108(100)123/h1-78H. The molecule has 27 rings (SSSR count). The third-order valence-electron chi connectivity index (χ3n) is 28.5. The molecule has 0 amide bonds. The zero-order valence-corrected chi connectivity index (χ0v) is 69.8. The lowest BCUT2D eigenvalue weighted by Crippen LogP contribution is -2.25. The SMILES string of the molecule is c1ccc(-c2ccc(N(c3ccccc3)c3ccc(-c4ccc5c(c4)c4c6c(ccc4n5-c4ccccc4)C4(c5ccccc5-c5ccc(-c7ccc(-n8c9ccc(-c%10ccc(N(c%11ccc%12ccccc%12c%11)c%11ccc%12ccccc%12c%11)cc%10)cc9c9c%10c(ccc98)C8(c9ccccc9-c9ccccc98)c8ccccc8-%10)cc7)cc54)c4ccccc4-6)cc3)cc2)cc1. The summed E-state index contributed by atoms with van der Waals surface area (Å²) in [7, 11) is 0. The minimum atomic E-state index is -0.636. The van der Waals surface area contributed by atoms with Gasteiger partial charge in [0.2, 0.25) is 0 Å². The lowest BCUT2D eigenvalue weighted by atomic mass is 9.70. The number of hydrogen-bond acceptors (Lipinski definition) is 2. The van der Waals surface area contributed by atoms with Crippen molar-refractivity contribution in [3.8, 4) is 100 Å². The van der Waals surface area contributed by atoms with Crippen molar-refractivity contribution in [2.45, 2.75) is 10.8 Å². The maximum absolute atomic E-state index is 2.54. The molecule has 0 aliphatic heterocycles. The summed E-state index contributed by atoms with van der Waals surface area (Å²) in [5, 5.41) is 9.79. The van der Waals surface area contributed by atoms with Gasteiger partial charge in [0.1, 0.15) is 0 Å². The largest absolute Gasteiger partial charge is 0.311 e. The molecular weight excluding hydrogens is 1550 g/mol. The van der Waals surface area contributed by atoms with Gasteiger partial charge in [0.05, 0.1) is 32.9 Å². The van der Waals surface area contributed by atoms with E-state index in [4.69, 9.17) is 0 Å². The molecule has 4 heteroatoms. The summed E-state index contributed by atoms with van der Waals surface area (Å²) in [4.78, 5) is 4.76. The van der Waals surface area contributed by atoms with Crippen LogP contribution < -0.4 is 9.80 Å². The fourth-order valence-corrected chi connectivity index (χ4v) is 23.0. The zero-order valence-electron chi connectivity index (χ0n) is 69.8. The van der Waals surface area contributed by atoms with Crippen molar-refractivity contribution in [1.29, 1.82) is 0 Å². The molecule has 0 fully saturated rings. The number of nitrogens with zero attached hydrogens (tertiary/aromatic N) is 4. The van der Waals surface area contributed by atoms with Crippen molar-refractivity contribution in [2.24, 2.45) is 0 Å². The summed E-state index contributed by atoms with van der Waals surface area (Å²) in [6.45, 7) is 0. The van der Waals surface area contributed by atoms with E-state index in [1.54, 1.807) is 0 Å². The van der Waals surface area contributed by atoms with Crippen LogP contribution in [0.3, 0.4) is 0 Å². The second-order valence-electron chi connectivity index (χ2n) is 34.8. The molecule has 4 nitrogen and oxygen atoms in total. The van der Waals surface area contributed by atoms with E-state index >= 15 is 0 Å². The smallest absolute Gasteiger partial charge is 0.0726 e. The second kappa shape index (κ2) is 27.9. The van der Waals surface area contributed by atoms with Crippen LogP contribution in [0.5, 0.6) is 0 Å². The Kier molecular flexibility index (Phi) is 15.7. The number of anilines is 6.